The third-order valence-corrected chi connectivity index (χ3v) is 4.12. The highest BCUT2D eigenvalue weighted by Gasteiger charge is 2.19. The topological polar surface area (TPSA) is 48.3 Å². The molecule has 1 aromatic rings. The van der Waals surface area contributed by atoms with Crippen molar-refractivity contribution in [1.29, 1.82) is 0 Å². The highest BCUT2D eigenvalue weighted by molar-refractivity contribution is 5.30. The van der Waals surface area contributed by atoms with Crippen LogP contribution in [0.25, 0.3) is 0 Å². The lowest BCUT2D eigenvalue weighted by Crippen LogP contribution is -2.33. The van der Waals surface area contributed by atoms with Gasteiger partial charge in [0.15, 0.2) is 0 Å². The van der Waals surface area contributed by atoms with E-state index in [1.165, 1.54) is 32.1 Å². The summed E-state index contributed by atoms with van der Waals surface area (Å²) in [6.07, 6.45) is 8.80. The van der Waals surface area contributed by atoms with E-state index < -0.39 is 0 Å². The lowest BCUT2D eigenvalue weighted by atomic mass is 9.96. The van der Waals surface area contributed by atoms with Gasteiger partial charge in [0.2, 0.25) is 5.95 Å². The minimum atomic E-state index is 0.143. The number of aromatic nitrogens is 2. The Kier molecular flexibility index (Phi) is 4.58. The Morgan fingerprint density at radius 1 is 1.30 bits per heavy atom. The van der Waals surface area contributed by atoms with Crippen LogP contribution in [0.4, 0.5) is 5.95 Å². The second-order valence-corrected chi connectivity index (χ2v) is 5.91. The normalized spacial score (nSPS) is 24.8. The van der Waals surface area contributed by atoms with Gasteiger partial charge in [0.05, 0.1) is 38.2 Å². The average molecular weight is 279 g/mol. The maximum atomic E-state index is 5.73. The summed E-state index contributed by atoms with van der Waals surface area (Å²) in [5.74, 6) is 0.989. The summed E-state index contributed by atoms with van der Waals surface area (Å²) in [5, 5.41) is 3.62. The van der Waals surface area contributed by atoms with E-state index >= 15 is 0 Å². The molecule has 1 saturated heterocycles. The Balaban J connectivity index is 1.63. The summed E-state index contributed by atoms with van der Waals surface area (Å²) in [6, 6.07) is 0.577. The molecule has 1 aliphatic carbocycles. The van der Waals surface area contributed by atoms with Crippen LogP contribution in [0.5, 0.6) is 0 Å². The van der Waals surface area contributed by atoms with E-state index in [-0.39, 0.29) is 6.10 Å². The summed E-state index contributed by atoms with van der Waals surface area (Å²) in [7, 11) is 0. The Hall–Kier alpha value is -1.07. The molecule has 0 bridgehead atoms. The van der Waals surface area contributed by atoms with Crippen LogP contribution in [0.3, 0.4) is 0 Å². The fourth-order valence-electron chi connectivity index (χ4n) is 3.09. The van der Waals surface area contributed by atoms with Crippen molar-refractivity contribution in [2.45, 2.75) is 57.7 Å². The third-order valence-electron chi connectivity index (χ3n) is 4.12. The number of imidazole rings is 1. The van der Waals surface area contributed by atoms with Gasteiger partial charge in [-0.3, -0.25) is 0 Å². The maximum absolute atomic E-state index is 5.73. The zero-order valence-corrected chi connectivity index (χ0v) is 12.3. The maximum Gasteiger partial charge on any atom is 0.203 e. The lowest BCUT2D eigenvalue weighted by molar-refractivity contribution is -0.0934. The molecule has 5 nitrogen and oxygen atoms in total. The number of nitrogens with one attached hydrogen (secondary N) is 1. The third kappa shape index (κ3) is 3.52. The van der Waals surface area contributed by atoms with Gasteiger partial charge in [-0.1, -0.05) is 19.3 Å². The van der Waals surface area contributed by atoms with Crippen LogP contribution >= 0.6 is 0 Å². The molecule has 2 fully saturated rings. The molecule has 112 valence electrons. The Bertz CT molecular complexity index is 383. The van der Waals surface area contributed by atoms with Crippen LogP contribution in [0.1, 0.15) is 37.8 Å². The van der Waals surface area contributed by atoms with E-state index in [0.717, 1.165) is 18.2 Å². The molecular formula is C15H25N3O2. The minimum absolute atomic E-state index is 0.143. The number of anilines is 1. The molecule has 0 radical (unpaired) electrons. The zero-order chi connectivity index (χ0) is 13.8. The quantitative estimate of drug-likeness (QED) is 0.919. The van der Waals surface area contributed by atoms with Crippen molar-refractivity contribution < 1.29 is 9.47 Å². The van der Waals surface area contributed by atoms with Crippen molar-refractivity contribution in [2.24, 2.45) is 0 Å². The van der Waals surface area contributed by atoms with Gasteiger partial charge in [-0.2, -0.15) is 0 Å². The van der Waals surface area contributed by atoms with E-state index in [0.29, 0.717) is 25.9 Å². The van der Waals surface area contributed by atoms with Crippen molar-refractivity contribution in [3.63, 3.8) is 0 Å². The van der Waals surface area contributed by atoms with Crippen LogP contribution < -0.4 is 5.32 Å². The van der Waals surface area contributed by atoms with Crippen molar-refractivity contribution in [2.75, 3.05) is 25.1 Å². The van der Waals surface area contributed by atoms with E-state index in [2.05, 4.69) is 21.1 Å². The largest absolute Gasteiger partial charge is 0.376 e. The number of rotatable bonds is 4. The number of hydrogen-bond acceptors (Lipinski definition) is 4. The van der Waals surface area contributed by atoms with E-state index in [1.807, 2.05) is 6.92 Å². The molecule has 1 N–H and O–H groups in total. The highest BCUT2D eigenvalue weighted by atomic mass is 16.6. The molecule has 0 spiro atoms. The van der Waals surface area contributed by atoms with Gasteiger partial charge in [-0.05, 0) is 19.8 Å². The Morgan fingerprint density at radius 3 is 2.90 bits per heavy atom. The first kappa shape index (κ1) is 13.9. The summed E-state index contributed by atoms with van der Waals surface area (Å²) in [4.78, 5) is 4.63. The molecule has 0 amide bonds. The van der Waals surface area contributed by atoms with Gasteiger partial charge in [0.1, 0.15) is 0 Å². The minimum Gasteiger partial charge on any atom is -0.376 e. The van der Waals surface area contributed by atoms with E-state index in [9.17, 15) is 0 Å². The van der Waals surface area contributed by atoms with Gasteiger partial charge >= 0.3 is 0 Å². The zero-order valence-electron chi connectivity index (χ0n) is 12.3. The molecule has 5 heteroatoms. The van der Waals surface area contributed by atoms with Crippen molar-refractivity contribution >= 4 is 5.95 Å². The van der Waals surface area contributed by atoms with Crippen LogP contribution in [0.2, 0.25) is 0 Å². The average Bonchev–Trinajstić information content (AvgIpc) is 2.81. The van der Waals surface area contributed by atoms with Crippen LogP contribution in [-0.4, -0.2) is 41.5 Å². The monoisotopic (exact) mass is 279 g/mol. The predicted octanol–water partition coefficient (Wildman–Crippen LogP) is 2.35. The van der Waals surface area contributed by atoms with E-state index in [1.54, 1.807) is 0 Å². The fourth-order valence-corrected chi connectivity index (χ4v) is 3.09. The number of nitrogens with zero attached hydrogens (tertiary/aromatic N) is 2. The number of ether oxygens (including phenoxy) is 2. The second-order valence-electron chi connectivity index (χ2n) is 5.91. The van der Waals surface area contributed by atoms with Crippen molar-refractivity contribution in [3.05, 3.63) is 11.9 Å². The molecule has 2 aliphatic rings. The van der Waals surface area contributed by atoms with Crippen LogP contribution in [0.15, 0.2) is 6.20 Å². The van der Waals surface area contributed by atoms with Crippen molar-refractivity contribution in [1.82, 2.24) is 9.55 Å². The second kappa shape index (κ2) is 6.59. The van der Waals surface area contributed by atoms with Gasteiger partial charge in [-0.15, -0.1) is 0 Å². The SMILES string of the molecule is Cc1cn(CC2COCCO2)c(NC2CCCCC2)n1. The molecule has 20 heavy (non-hydrogen) atoms. The Labute approximate surface area is 120 Å². The summed E-state index contributed by atoms with van der Waals surface area (Å²) >= 11 is 0. The first-order valence-electron chi connectivity index (χ1n) is 7.81. The van der Waals surface area contributed by atoms with Crippen LogP contribution in [0, 0.1) is 6.92 Å². The number of hydrogen-bond donors (Lipinski definition) is 1. The van der Waals surface area contributed by atoms with Crippen LogP contribution in [-0.2, 0) is 16.0 Å². The molecule has 1 saturated carbocycles. The fraction of sp³-hybridized carbons (Fsp3) is 0.800. The highest BCUT2D eigenvalue weighted by Crippen LogP contribution is 2.22. The summed E-state index contributed by atoms with van der Waals surface area (Å²) in [6.45, 7) is 4.95. The van der Waals surface area contributed by atoms with Gasteiger partial charge in [0.25, 0.3) is 0 Å². The predicted molar refractivity (Wildman–Crippen MR) is 78.0 cm³/mol. The molecule has 1 aliphatic heterocycles. The molecule has 2 heterocycles. The van der Waals surface area contributed by atoms with E-state index in [4.69, 9.17) is 9.47 Å². The van der Waals surface area contributed by atoms with Gasteiger partial charge in [-0.25, -0.2) is 4.98 Å². The first-order valence-corrected chi connectivity index (χ1v) is 7.81. The first-order chi connectivity index (χ1) is 9.81. The number of aryl methyl sites for hydroxylation is 1. The molecule has 3 rings (SSSR count). The molecule has 1 aromatic heterocycles. The standard InChI is InChI=1S/C15H25N3O2/c1-12-9-18(10-14-11-19-7-8-20-14)15(16-12)17-13-5-3-2-4-6-13/h9,13-14H,2-8,10-11H2,1H3,(H,16,17). The summed E-state index contributed by atoms with van der Waals surface area (Å²) in [5.41, 5.74) is 1.06. The van der Waals surface area contributed by atoms with Gasteiger partial charge in [0, 0.05) is 12.2 Å². The lowest BCUT2D eigenvalue weighted by Gasteiger charge is -2.26. The Morgan fingerprint density at radius 2 is 2.15 bits per heavy atom. The van der Waals surface area contributed by atoms with Gasteiger partial charge < -0.3 is 19.4 Å². The van der Waals surface area contributed by atoms with Crippen molar-refractivity contribution in [3.8, 4) is 0 Å². The summed E-state index contributed by atoms with van der Waals surface area (Å²) < 4.78 is 13.4. The molecule has 1 unspecified atom stereocenters. The molecule has 0 aromatic carbocycles. The smallest absolute Gasteiger partial charge is 0.203 e. The molecular weight excluding hydrogens is 254 g/mol. The molecule has 1 atom stereocenters.